The zero-order chi connectivity index (χ0) is 14.6. The van der Waals surface area contributed by atoms with Crippen LogP contribution in [-0.2, 0) is 10.0 Å². The van der Waals surface area contributed by atoms with Crippen molar-refractivity contribution in [3.05, 3.63) is 47.5 Å². The minimum atomic E-state index is -3.61. The van der Waals surface area contributed by atoms with Crippen LogP contribution >= 0.6 is 22.9 Å². The molecule has 0 saturated heterocycles. The minimum Gasteiger partial charge on any atom is -0.367 e. The smallest absolute Gasteiger partial charge is 0.271 e. The van der Waals surface area contributed by atoms with E-state index in [4.69, 9.17) is 11.6 Å². The van der Waals surface area contributed by atoms with Crippen LogP contribution in [0.4, 0.5) is 11.5 Å². The van der Waals surface area contributed by atoms with E-state index in [1.807, 2.05) is 0 Å². The topological polar surface area (TPSA) is 71.1 Å². The second-order valence-electron chi connectivity index (χ2n) is 3.77. The van der Waals surface area contributed by atoms with Crippen LogP contribution in [0.1, 0.15) is 0 Å². The molecule has 0 radical (unpaired) electrons. The Morgan fingerprint density at radius 1 is 1.35 bits per heavy atom. The maximum absolute atomic E-state index is 12.1. The average molecular weight is 330 g/mol. The fraction of sp³-hybridized carbons (Fsp3) is 0.0833. The Balaban J connectivity index is 2.11. The van der Waals surface area contributed by atoms with Crippen molar-refractivity contribution in [2.24, 2.45) is 0 Å². The first-order valence-electron chi connectivity index (χ1n) is 5.60. The van der Waals surface area contributed by atoms with Gasteiger partial charge in [-0.05, 0) is 24.3 Å². The van der Waals surface area contributed by atoms with Crippen LogP contribution in [0.15, 0.2) is 47.3 Å². The molecule has 2 aromatic heterocycles. The Morgan fingerprint density at radius 3 is 2.70 bits per heavy atom. The van der Waals surface area contributed by atoms with Crippen LogP contribution in [-0.4, -0.2) is 19.9 Å². The molecule has 0 aliphatic carbocycles. The van der Waals surface area contributed by atoms with Gasteiger partial charge in [-0.1, -0.05) is 17.7 Å². The summed E-state index contributed by atoms with van der Waals surface area (Å²) in [6.45, 7) is 4.17. The number of sulfonamides is 1. The maximum atomic E-state index is 12.1. The van der Waals surface area contributed by atoms with E-state index in [0.717, 1.165) is 11.3 Å². The zero-order valence-corrected chi connectivity index (χ0v) is 12.7. The second-order valence-corrected chi connectivity index (χ2v) is 7.39. The lowest BCUT2D eigenvalue weighted by atomic mass is 10.4. The number of hydrogen-bond donors (Lipinski definition) is 2. The summed E-state index contributed by atoms with van der Waals surface area (Å²) in [5.41, 5.74) is 0.388. The Kier molecular flexibility index (Phi) is 4.64. The highest BCUT2D eigenvalue weighted by Gasteiger charge is 2.16. The predicted molar refractivity (Wildman–Crippen MR) is 83.1 cm³/mol. The Morgan fingerprint density at radius 2 is 2.15 bits per heavy atom. The molecular formula is C12H12ClN3O2S2. The summed E-state index contributed by atoms with van der Waals surface area (Å²) in [6, 6.07) is 6.32. The molecule has 0 spiro atoms. The minimum absolute atomic E-state index is 0.163. The SMILES string of the molecule is C=CCNc1ccc(NS(=O)(=O)c2ccc(Cl)s2)cn1. The van der Waals surface area contributed by atoms with Crippen LogP contribution in [0.5, 0.6) is 0 Å². The number of hydrogen-bond acceptors (Lipinski definition) is 5. The largest absolute Gasteiger partial charge is 0.367 e. The standard InChI is InChI=1S/C12H12ClN3O2S2/c1-2-7-14-11-5-3-9(8-15-11)16-20(17,18)12-6-4-10(13)19-12/h2-6,8,16H,1,7H2,(H,14,15). The van der Waals surface area contributed by atoms with E-state index < -0.39 is 10.0 Å². The number of anilines is 2. The van der Waals surface area contributed by atoms with Crippen LogP contribution in [0.25, 0.3) is 0 Å². The maximum Gasteiger partial charge on any atom is 0.271 e. The van der Waals surface area contributed by atoms with Crippen LogP contribution in [0.3, 0.4) is 0 Å². The lowest BCUT2D eigenvalue weighted by molar-refractivity contribution is 0.603. The lowest BCUT2D eigenvalue weighted by Gasteiger charge is -2.07. The number of nitrogens with one attached hydrogen (secondary N) is 2. The van der Waals surface area contributed by atoms with Crippen molar-refractivity contribution in [3.63, 3.8) is 0 Å². The van der Waals surface area contributed by atoms with E-state index in [9.17, 15) is 8.42 Å². The van der Waals surface area contributed by atoms with Gasteiger partial charge in [-0.2, -0.15) is 0 Å². The predicted octanol–water partition coefficient (Wildman–Crippen LogP) is 3.20. The molecule has 2 heterocycles. The number of halogens is 1. The molecule has 0 saturated carbocycles. The van der Waals surface area contributed by atoms with Crippen LogP contribution in [0.2, 0.25) is 4.34 Å². The molecule has 0 aromatic carbocycles. The van der Waals surface area contributed by atoms with Gasteiger partial charge in [0.25, 0.3) is 10.0 Å². The molecule has 8 heteroatoms. The van der Waals surface area contributed by atoms with E-state index in [1.54, 1.807) is 24.3 Å². The first-order valence-corrected chi connectivity index (χ1v) is 8.28. The molecule has 0 bridgehead atoms. The molecular weight excluding hydrogens is 318 g/mol. The Labute approximate surface area is 126 Å². The van der Waals surface area contributed by atoms with Gasteiger partial charge in [-0.3, -0.25) is 4.72 Å². The van der Waals surface area contributed by atoms with Gasteiger partial charge in [-0.25, -0.2) is 13.4 Å². The third kappa shape index (κ3) is 3.72. The molecule has 5 nitrogen and oxygen atoms in total. The quantitative estimate of drug-likeness (QED) is 0.798. The van der Waals surface area contributed by atoms with Crippen molar-refractivity contribution in [2.45, 2.75) is 4.21 Å². The van der Waals surface area contributed by atoms with Crippen molar-refractivity contribution in [1.82, 2.24) is 4.98 Å². The monoisotopic (exact) mass is 329 g/mol. The summed E-state index contributed by atoms with van der Waals surface area (Å²) in [5.74, 6) is 0.645. The molecule has 0 aliphatic rings. The summed E-state index contributed by atoms with van der Waals surface area (Å²) in [6.07, 6.45) is 3.15. The first kappa shape index (κ1) is 14.8. The van der Waals surface area contributed by atoms with Gasteiger partial charge < -0.3 is 5.32 Å². The molecule has 0 aliphatic heterocycles. The number of nitrogens with zero attached hydrogens (tertiary/aromatic N) is 1. The Hall–Kier alpha value is -1.57. The fourth-order valence-corrected chi connectivity index (χ4v) is 3.91. The number of thiophene rings is 1. The molecule has 20 heavy (non-hydrogen) atoms. The highest BCUT2D eigenvalue weighted by atomic mass is 35.5. The number of aromatic nitrogens is 1. The third-order valence-electron chi connectivity index (χ3n) is 2.26. The lowest BCUT2D eigenvalue weighted by Crippen LogP contribution is -2.11. The molecule has 2 aromatic rings. The van der Waals surface area contributed by atoms with Crippen LogP contribution < -0.4 is 10.0 Å². The zero-order valence-electron chi connectivity index (χ0n) is 10.3. The van der Waals surface area contributed by atoms with Crippen molar-refractivity contribution in [1.29, 1.82) is 0 Å². The van der Waals surface area contributed by atoms with Gasteiger partial charge in [-0.15, -0.1) is 17.9 Å². The van der Waals surface area contributed by atoms with Crippen molar-refractivity contribution in [2.75, 3.05) is 16.6 Å². The van der Waals surface area contributed by atoms with Gasteiger partial charge in [0.15, 0.2) is 0 Å². The van der Waals surface area contributed by atoms with Crippen LogP contribution in [0, 0.1) is 0 Å². The number of rotatable bonds is 6. The summed E-state index contributed by atoms with van der Waals surface area (Å²) in [5, 5.41) is 3.00. The second kappa shape index (κ2) is 6.25. The molecule has 2 N–H and O–H groups in total. The van der Waals surface area contributed by atoms with Gasteiger partial charge in [0.1, 0.15) is 10.0 Å². The normalized spacial score (nSPS) is 11.1. The highest BCUT2D eigenvalue weighted by Crippen LogP contribution is 2.27. The van der Waals surface area contributed by atoms with Gasteiger partial charge in [0.05, 0.1) is 16.2 Å². The molecule has 0 atom stereocenters. The third-order valence-corrected chi connectivity index (χ3v) is 5.36. The van der Waals surface area contributed by atoms with Crippen molar-refractivity contribution in [3.8, 4) is 0 Å². The van der Waals surface area contributed by atoms with Gasteiger partial charge >= 0.3 is 0 Å². The van der Waals surface area contributed by atoms with E-state index in [0.29, 0.717) is 22.4 Å². The number of pyridine rings is 1. The summed E-state index contributed by atoms with van der Waals surface area (Å²) in [7, 11) is -3.61. The average Bonchev–Trinajstić information content (AvgIpc) is 2.85. The molecule has 106 valence electrons. The molecule has 0 unspecified atom stereocenters. The van der Waals surface area contributed by atoms with E-state index >= 15 is 0 Å². The molecule has 2 rings (SSSR count). The highest BCUT2D eigenvalue weighted by molar-refractivity contribution is 7.94. The summed E-state index contributed by atoms with van der Waals surface area (Å²) in [4.78, 5) is 4.09. The molecule has 0 amide bonds. The van der Waals surface area contributed by atoms with E-state index in [1.165, 1.54) is 12.3 Å². The Bertz CT molecular complexity index is 696. The summed E-state index contributed by atoms with van der Waals surface area (Å²) >= 11 is 6.74. The first-order chi connectivity index (χ1) is 9.51. The van der Waals surface area contributed by atoms with E-state index in [2.05, 4.69) is 21.6 Å². The summed E-state index contributed by atoms with van der Waals surface area (Å²) < 4.78 is 27.1. The van der Waals surface area contributed by atoms with E-state index in [-0.39, 0.29) is 4.21 Å². The van der Waals surface area contributed by atoms with Crippen molar-refractivity contribution >= 4 is 44.5 Å². The fourth-order valence-electron chi connectivity index (χ4n) is 1.38. The molecule has 0 fully saturated rings. The van der Waals surface area contributed by atoms with Gasteiger partial charge in [0, 0.05) is 6.54 Å². The van der Waals surface area contributed by atoms with Gasteiger partial charge in [0.2, 0.25) is 0 Å². The van der Waals surface area contributed by atoms with Crippen molar-refractivity contribution < 1.29 is 8.42 Å².